The van der Waals surface area contributed by atoms with Crippen LogP contribution in [-0.2, 0) is 23.9 Å². The fourth-order valence-electron chi connectivity index (χ4n) is 1.69. The zero-order chi connectivity index (χ0) is 16.8. The number of benzene rings is 1. The number of para-hydroxylation sites is 1. The average Bonchev–Trinajstić information content (AvgIpc) is 3.31. The van der Waals surface area contributed by atoms with E-state index in [-0.39, 0.29) is 23.9 Å². The Morgan fingerprint density at radius 1 is 1.26 bits per heavy atom. The van der Waals surface area contributed by atoms with Crippen molar-refractivity contribution in [1.29, 1.82) is 0 Å². The van der Waals surface area contributed by atoms with E-state index in [1.54, 1.807) is 31.2 Å². The predicted octanol–water partition coefficient (Wildman–Crippen LogP) is 1.62. The molecule has 0 spiro atoms. The zero-order valence-corrected chi connectivity index (χ0v) is 12.7. The van der Waals surface area contributed by atoms with Gasteiger partial charge in [-0.3, -0.25) is 9.59 Å². The van der Waals surface area contributed by atoms with Crippen LogP contribution in [0.15, 0.2) is 54.6 Å². The Balaban J connectivity index is 0.000000174. The highest BCUT2D eigenvalue weighted by Crippen LogP contribution is 2.17. The van der Waals surface area contributed by atoms with Crippen molar-refractivity contribution < 1.29 is 23.9 Å². The Hall–Kier alpha value is -2.73. The molecule has 1 saturated heterocycles. The number of epoxide rings is 1. The molecule has 1 aromatic carbocycles. The zero-order valence-electron chi connectivity index (χ0n) is 12.7. The maximum absolute atomic E-state index is 11.2. The smallest absolute Gasteiger partial charge is 0.333 e. The van der Waals surface area contributed by atoms with Crippen molar-refractivity contribution in [3.63, 3.8) is 0 Å². The summed E-state index contributed by atoms with van der Waals surface area (Å²) in [6.45, 7) is 6.14. The van der Waals surface area contributed by atoms with Crippen LogP contribution in [0, 0.1) is 0 Å². The Morgan fingerprint density at radius 2 is 1.83 bits per heavy atom. The van der Waals surface area contributed by atoms with Crippen molar-refractivity contribution in [2.75, 3.05) is 18.1 Å². The first-order chi connectivity index (χ1) is 11.0. The summed E-state index contributed by atoms with van der Waals surface area (Å²) in [4.78, 5) is 34.2. The van der Waals surface area contributed by atoms with Crippen LogP contribution in [0.5, 0.6) is 0 Å². The minimum Gasteiger partial charge on any atom is -0.459 e. The summed E-state index contributed by atoms with van der Waals surface area (Å²) in [5.41, 5.74) is 1.04. The number of ether oxygens (including phenoxy) is 2. The molecular formula is C17H17NO5. The Bertz CT molecular complexity index is 628. The van der Waals surface area contributed by atoms with Crippen LogP contribution in [0.1, 0.15) is 6.92 Å². The average molecular weight is 315 g/mol. The van der Waals surface area contributed by atoms with Crippen LogP contribution in [0.25, 0.3) is 0 Å². The summed E-state index contributed by atoms with van der Waals surface area (Å²) in [5, 5.41) is 0. The van der Waals surface area contributed by atoms with Crippen molar-refractivity contribution in [3.8, 4) is 0 Å². The first kappa shape index (κ1) is 16.6. The molecule has 23 heavy (non-hydrogen) atoms. The van der Waals surface area contributed by atoms with Gasteiger partial charge in [-0.05, 0) is 19.1 Å². The van der Waals surface area contributed by atoms with Crippen molar-refractivity contribution in [1.82, 2.24) is 0 Å². The molecule has 0 aromatic heterocycles. The number of carbonyl (C=O) groups is 3. The molecule has 6 nitrogen and oxygen atoms in total. The van der Waals surface area contributed by atoms with Crippen LogP contribution in [0.3, 0.4) is 0 Å². The van der Waals surface area contributed by atoms with Gasteiger partial charge in [0, 0.05) is 17.7 Å². The molecular weight excluding hydrogens is 298 g/mol. The van der Waals surface area contributed by atoms with Crippen molar-refractivity contribution in [3.05, 3.63) is 54.6 Å². The lowest BCUT2D eigenvalue weighted by molar-refractivity contribution is -0.139. The lowest BCUT2D eigenvalue weighted by atomic mass is 10.3. The molecule has 0 aliphatic carbocycles. The van der Waals surface area contributed by atoms with E-state index in [4.69, 9.17) is 9.47 Å². The molecule has 1 fully saturated rings. The second kappa shape index (κ2) is 7.51. The number of rotatable bonds is 4. The van der Waals surface area contributed by atoms with Crippen LogP contribution >= 0.6 is 0 Å². The molecule has 3 rings (SSSR count). The third-order valence-electron chi connectivity index (χ3n) is 2.97. The molecule has 1 aromatic rings. The first-order valence-electron chi connectivity index (χ1n) is 7.04. The predicted molar refractivity (Wildman–Crippen MR) is 83.6 cm³/mol. The third kappa shape index (κ3) is 4.89. The summed E-state index contributed by atoms with van der Waals surface area (Å²) < 4.78 is 9.60. The number of nitrogens with zero attached hydrogens (tertiary/aromatic N) is 1. The number of carbonyl (C=O) groups excluding carboxylic acids is 3. The van der Waals surface area contributed by atoms with E-state index in [0.717, 1.165) is 4.90 Å². The molecule has 6 heteroatoms. The minimum atomic E-state index is -0.337. The summed E-state index contributed by atoms with van der Waals surface area (Å²) in [5.74, 6) is -0.900. The van der Waals surface area contributed by atoms with Crippen molar-refractivity contribution in [2.45, 2.75) is 13.0 Å². The van der Waals surface area contributed by atoms with Gasteiger partial charge < -0.3 is 9.47 Å². The Morgan fingerprint density at radius 3 is 2.30 bits per heavy atom. The van der Waals surface area contributed by atoms with E-state index >= 15 is 0 Å². The molecule has 120 valence electrons. The lowest BCUT2D eigenvalue weighted by Crippen LogP contribution is -2.29. The second-order valence-electron chi connectivity index (χ2n) is 5.01. The lowest BCUT2D eigenvalue weighted by Gasteiger charge is -2.12. The molecule has 2 amide bonds. The van der Waals surface area contributed by atoms with Gasteiger partial charge in [-0.25, -0.2) is 9.69 Å². The maximum Gasteiger partial charge on any atom is 0.333 e. The first-order valence-corrected chi connectivity index (χ1v) is 7.04. The maximum atomic E-state index is 11.2. The van der Waals surface area contributed by atoms with Crippen molar-refractivity contribution in [2.24, 2.45) is 0 Å². The molecule has 1 unspecified atom stereocenters. The third-order valence-corrected chi connectivity index (χ3v) is 2.97. The number of imide groups is 1. The summed E-state index contributed by atoms with van der Waals surface area (Å²) in [6, 6.07) is 8.86. The van der Waals surface area contributed by atoms with Crippen LogP contribution < -0.4 is 4.90 Å². The van der Waals surface area contributed by atoms with E-state index < -0.39 is 0 Å². The van der Waals surface area contributed by atoms with Gasteiger partial charge in [-0.2, -0.15) is 0 Å². The van der Waals surface area contributed by atoms with E-state index in [0.29, 0.717) is 24.5 Å². The Labute approximate surface area is 134 Å². The fraction of sp³-hybridized carbons (Fsp3) is 0.235. The Kier molecular flexibility index (Phi) is 5.43. The van der Waals surface area contributed by atoms with E-state index in [1.165, 1.54) is 12.2 Å². The second-order valence-corrected chi connectivity index (χ2v) is 5.01. The molecule has 0 N–H and O–H groups in total. The van der Waals surface area contributed by atoms with Crippen LogP contribution in [-0.4, -0.2) is 37.1 Å². The minimum absolute atomic E-state index is 0.142. The molecule has 1 atom stereocenters. The topological polar surface area (TPSA) is 76.2 Å². The number of hydrogen-bond acceptors (Lipinski definition) is 5. The molecule has 0 radical (unpaired) electrons. The largest absolute Gasteiger partial charge is 0.459 e. The highest BCUT2D eigenvalue weighted by atomic mass is 16.6. The van der Waals surface area contributed by atoms with E-state index in [9.17, 15) is 14.4 Å². The van der Waals surface area contributed by atoms with Gasteiger partial charge in [0.15, 0.2) is 0 Å². The SMILES string of the molecule is C=C(C)C(=O)OCC1CO1.O=C1C=CC(=O)N1c1ccccc1. The number of esters is 1. The molecule has 2 aliphatic rings. The monoisotopic (exact) mass is 315 g/mol. The summed E-state index contributed by atoms with van der Waals surface area (Å²) in [6.07, 6.45) is 2.69. The molecule has 0 saturated carbocycles. The van der Waals surface area contributed by atoms with E-state index in [2.05, 4.69) is 6.58 Å². The van der Waals surface area contributed by atoms with Gasteiger partial charge >= 0.3 is 5.97 Å². The highest BCUT2D eigenvalue weighted by Gasteiger charge is 2.24. The van der Waals surface area contributed by atoms with Crippen LogP contribution in [0.2, 0.25) is 0 Å². The van der Waals surface area contributed by atoms with Crippen molar-refractivity contribution >= 4 is 23.5 Å². The molecule has 0 bridgehead atoms. The van der Waals surface area contributed by atoms with E-state index in [1.807, 2.05) is 6.07 Å². The summed E-state index contributed by atoms with van der Waals surface area (Å²) >= 11 is 0. The van der Waals surface area contributed by atoms with Gasteiger partial charge in [-0.1, -0.05) is 24.8 Å². The summed E-state index contributed by atoms with van der Waals surface area (Å²) in [7, 11) is 0. The highest BCUT2D eigenvalue weighted by molar-refractivity contribution is 6.28. The van der Waals surface area contributed by atoms with Gasteiger partial charge in [0.05, 0.1) is 12.3 Å². The van der Waals surface area contributed by atoms with Crippen LogP contribution in [0.4, 0.5) is 5.69 Å². The number of anilines is 1. The number of amides is 2. The van der Waals surface area contributed by atoms with Gasteiger partial charge in [0.25, 0.3) is 11.8 Å². The van der Waals surface area contributed by atoms with Gasteiger partial charge in [-0.15, -0.1) is 0 Å². The normalized spacial score (nSPS) is 18.3. The quantitative estimate of drug-likeness (QED) is 0.365. The van der Waals surface area contributed by atoms with Gasteiger partial charge in [0.2, 0.25) is 0 Å². The standard InChI is InChI=1S/C10H7NO2.C7H10O3/c12-9-6-7-10(13)11(9)8-4-2-1-3-5-8;1-5(2)7(8)10-4-6-3-9-6/h1-7H;6H,1,3-4H2,2H3. The fourth-order valence-corrected chi connectivity index (χ4v) is 1.69. The molecule has 2 heterocycles. The molecule has 2 aliphatic heterocycles. The number of hydrogen-bond donors (Lipinski definition) is 0. The van der Waals surface area contributed by atoms with Gasteiger partial charge in [0.1, 0.15) is 12.7 Å².